The number of carbonyl (C=O) groups is 2. The van der Waals surface area contributed by atoms with Crippen molar-refractivity contribution in [1.29, 1.82) is 5.26 Å². The highest BCUT2D eigenvalue weighted by molar-refractivity contribution is 6.32. The topological polar surface area (TPSA) is 115 Å². The summed E-state index contributed by atoms with van der Waals surface area (Å²) in [4.78, 5) is 38.0. The van der Waals surface area contributed by atoms with Gasteiger partial charge in [-0.1, -0.05) is 38.4 Å². The van der Waals surface area contributed by atoms with Crippen LogP contribution in [0.4, 0.5) is 11.5 Å². The van der Waals surface area contributed by atoms with Gasteiger partial charge in [0, 0.05) is 36.4 Å². The zero-order valence-corrected chi connectivity index (χ0v) is 19.2. The van der Waals surface area contributed by atoms with Gasteiger partial charge in [-0.3, -0.25) is 9.59 Å². The number of H-pyrrole nitrogens is 1. The molecule has 9 heteroatoms. The van der Waals surface area contributed by atoms with Gasteiger partial charge in [0.2, 0.25) is 0 Å². The number of aromatic amines is 1. The molecule has 164 valence electrons. The number of benzene rings is 1. The summed E-state index contributed by atoms with van der Waals surface area (Å²) in [6.45, 7) is 5.56. The number of hydrogen-bond acceptors (Lipinski definition) is 6. The van der Waals surface area contributed by atoms with Crippen molar-refractivity contribution >= 4 is 52.0 Å². The van der Waals surface area contributed by atoms with E-state index in [1.165, 1.54) is 11.0 Å². The van der Waals surface area contributed by atoms with Gasteiger partial charge in [0.25, 0.3) is 5.91 Å². The Morgan fingerprint density at radius 1 is 1.28 bits per heavy atom. The maximum atomic E-state index is 12.7. The fraction of sp³-hybridized carbons (Fsp3) is 0.261. The second kappa shape index (κ2) is 8.81. The lowest BCUT2D eigenvalue weighted by Gasteiger charge is -2.15. The molecule has 0 fully saturated rings. The number of hydrogen-bond donors (Lipinski definition) is 2. The molecule has 0 saturated heterocycles. The number of nitrogens with zero attached hydrogens (tertiary/aromatic N) is 4. The van der Waals surface area contributed by atoms with Gasteiger partial charge >= 0.3 is 0 Å². The molecule has 2 heterocycles. The average molecular weight is 451 g/mol. The molecule has 32 heavy (non-hydrogen) atoms. The zero-order valence-electron chi connectivity index (χ0n) is 18.4. The molecule has 8 nitrogen and oxygen atoms in total. The molecule has 1 aromatic carbocycles. The molecule has 3 aromatic rings. The summed E-state index contributed by atoms with van der Waals surface area (Å²) in [5, 5.41) is 12.7. The van der Waals surface area contributed by atoms with E-state index >= 15 is 0 Å². The molecule has 3 rings (SSSR count). The first-order chi connectivity index (χ1) is 15.0. The molecule has 0 aliphatic carbocycles. The standard InChI is InChI=1S/C23H23ClN6O2/c1-23(2,3)20(31)16-11-26-21-19(16)29-18(12-27-21)28-15-7-6-13(17(24)9-15)8-14(10-25)22(32)30(4)5/h6-9,11-12H,1-5H3,(H,26,27)(H,28,29). The van der Waals surface area contributed by atoms with Crippen LogP contribution in [0.2, 0.25) is 5.02 Å². The number of aromatic nitrogens is 3. The van der Waals surface area contributed by atoms with E-state index in [0.717, 1.165) is 0 Å². The van der Waals surface area contributed by atoms with E-state index in [4.69, 9.17) is 11.6 Å². The van der Waals surface area contributed by atoms with Crippen molar-refractivity contribution in [2.45, 2.75) is 20.8 Å². The molecular formula is C23H23ClN6O2. The van der Waals surface area contributed by atoms with Gasteiger partial charge in [0.1, 0.15) is 23.0 Å². The predicted molar refractivity (Wildman–Crippen MR) is 125 cm³/mol. The highest BCUT2D eigenvalue weighted by atomic mass is 35.5. The number of nitrogens with one attached hydrogen (secondary N) is 2. The quantitative estimate of drug-likeness (QED) is 0.334. The van der Waals surface area contributed by atoms with Crippen LogP contribution in [0, 0.1) is 16.7 Å². The summed E-state index contributed by atoms with van der Waals surface area (Å²) in [7, 11) is 3.15. The number of Topliss-reactive ketones (excluding diaryl/α,β-unsaturated/α-hetero) is 1. The molecule has 2 N–H and O–H groups in total. The average Bonchev–Trinajstić information content (AvgIpc) is 3.14. The Morgan fingerprint density at radius 3 is 2.59 bits per heavy atom. The fourth-order valence-corrected chi connectivity index (χ4v) is 3.17. The summed E-state index contributed by atoms with van der Waals surface area (Å²) < 4.78 is 0. The lowest BCUT2D eigenvalue weighted by Crippen LogP contribution is -2.22. The van der Waals surface area contributed by atoms with Crippen molar-refractivity contribution in [3.63, 3.8) is 0 Å². The van der Waals surface area contributed by atoms with E-state index in [1.807, 2.05) is 26.8 Å². The van der Waals surface area contributed by atoms with Crippen LogP contribution in [0.15, 0.2) is 36.2 Å². The lowest BCUT2D eigenvalue weighted by molar-refractivity contribution is -0.124. The predicted octanol–water partition coefficient (Wildman–Crippen LogP) is 4.58. The van der Waals surface area contributed by atoms with Crippen LogP contribution >= 0.6 is 11.6 Å². The molecule has 2 aromatic heterocycles. The summed E-state index contributed by atoms with van der Waals surface area (Å²) in [6, 6.07) is 7.00. The van der Waals surface area contributed by atoms with Crippen LogP contribution in [-0.4, -0.2) is 45.6 Å². The smallest absolute Gasteiger partial charge is 0.264 e. The molecule has 1 amide bonds. The number of ketones is 1. The first-order valence-corrected chi connectivity index (χ1v) is 10.2. The highest BCUT2D eigenvalue weighted by Crippen LogP contribution is 2.28. The molecule has 0 radical (unpaired) electrons. The summed E-state index contributed by atoms with van der Waals surface area (Å²) in [5.41, 5.74) is 2.10. The maximum Gasteiger partial charge on any atom is 0.264 e. The van der Waals surface area contributed by atoms with Crippen LogP contribution in [-0.2, 0) is 4.79 Å². The van der Waals surface area contributed by atoms with Crippen molar-refractivity contribution in [2.24, 2.45) is 5.41 Å². The lowest BCUT2D eigenvalue weighted by atomic mass is 9.87. The fourth-order valence-electron chi connectivity index (χ4n) is 2.94. The molecule has 0 saturated carbocycles. The molecule has 0 aliphatic heterocycles. The number of likely N-dealkylation sites (N-methyl/N-ethyl adjacent to an activating group) is 1. The van der Waals surface area contributed by atoms with Crippen molar-refractivity contribution in [3.8, 4) is 6.07 Å². The minimum atomic E-state index is -0.548. The van der Waals surface area contributed by atoms with Gasteiger partial charge in [-0.2, -0.15) is 5.26 Å². The Balaban J connectivity index is 1.90. The van der Waals surface area contributed by atoms with Crippen LogP contribution in [0.5, 0.6) is 0 Å². The molecule has 0 bridgehead atoms. The van der Waals surface area contributed by atoms with E-state index in [9.17, 15) is 14.9 Å². The van der Waals surface area contributed by atoms with Crippen LogP contribution in [0.3, 0.4) is 0 Å². The maximum absolute atomic E-state index is 12.7. The van der Waals surface area contributed by atoms with Gasteiger partial charge < -0.3 is 15.2 Å². The SMILES string of the molecule is CN(C)C(=O)C(C#N)=Cc1ccc(Nc2cnc3[nH]cc(C(=O)C(C)(C)C)c3n2)cc1Cl. The first-order valence-electron chi connectivity index (χ1n) is 9.80. The number of rotatable bonds is 5. The Kier molecular flexibility index (Phi) is 6.32. The van der Waals surface area contributed by atoms with Gasteiger partial charge in [0.05, 0.1) is 11.8 Å². The normalized spacial score (nSPS) is 11.8. The minimum Gasteiger partial charge on any atom is -0.344 e. The molecule has 0 atom stereocenters. The van der Waals surface area contributed by atoms with Gasteiger partial charge in [-0.25, -0.2) is 9.97 Å². The number of amides is 1. The van der Waals surface area contributed by atoms with Crippen LogP contribution in [0.25, 0.3) is 17.2 Å². The summed E-state index contributed by atoms with van der Waals surface area (Å²) in [5.74, 6) is 0.0105. The molecule has 0 aliphatic rings. The number of carbonyl (C=O) groups excluding carboxylic acids is 2. The van der Waals surface area contributed by atoms with E-state index in [-0.39, 0.29) is 11.4 Å². The monoisotopic (exact) mass is 450 g/mol. The Hall–Kier alpha value is -3.70. The third-order valence-corrected chi connectivity index (χ3v) is 4.96. The Bertz CT molecular complexity index is 1280. The van der Waals surface area contributed by atoms with Crippen LogP contribution in [0.1, 0.15) is 36.7 Å². The van der Waals surface area contributed by atoms with E-state index in [2.05, 4.69) is 20.3 Å². The molecular weight excluding hydrogens is 428 g/mol. The zero-order chi connectivity index (χ0) is 23.6. The number of nitriles is 1. The highest BCUT2D eigenvalue weighted by Gasteiger charge is 2.26. The van der Waals surface area contributed by atoms with Gasteiger partial charge in [-0.15, -0.1) is 0 Å². The van der Waals surface area contributed by atoms with Crippen molar-refractivity contribution in [2.75, 3.05) is 19.4 Å². The molecule has 0 spiro atoms. The Morgan fingerprint density at radius 2 is 2.00 bits per heavy atom. The summed E-state index contributed by atoms with van der Waals surface area (Å²) in [6.07, 6.45) is 4.63. The van der Waals surface area contributed by atoms with E-state index in [1.54, 1.807) is 44.7 Å². The second-order valence-corrected chi connectivity index (χ2v) is 8.87. The number of fused-ring (bicyclic) bond motifs is 1. The van der Waals surface area contributed by atoms with Crippen LogP contribution < -0.4 is 5.32 Å². The second-order valence-electron chi connectivity index (χ2n) is 8.46. The van der Waals surface area contributed by atoms with Gasteiger partial charge in [-0.05, 0) is 23.8 Å². The molecule has 0 unspecified atom stereocenters. The first kappa shape index (κ1) is 23.0. The number of halogens is 1. The Labute approximate surface area is 190 Å². The minimum absolute atomic E-state index is 0.0163. The van der Waals surface area contributed by atoms with Crippen molar-refractivity contribution < 1.29 is 9.59 Å². The van der Waals surface area contributed by atoms with E-state index < -0.39 is 11.3 Å². The van der Waals surface area contributed by atoms with Crippen molar-refractivity contribution in [3.05, 3.63) is 52.3 Å². The third-order valence-electron chi connectivity index (χ3n) is 4.64. The van der Waals surface area contributed by atoms with Crippen molar-refractivity contribution in [1.82, 2.24) is 19.9 Å². The van der Waals surface area contributed by atoms with Gasteiger partial charge in [0.15, 0.2) is 11.4 Å². The number of anilines is 2. The largest absolute Gasteiger partial charge is 0.344 e. The van der Waals surface area contributed by atoms with E-state index in [0.29, 0.717) is 38.8 Å². The third kappa shape index (κ3) is 4.79. The summed E-state index contributed by atoms with van der Waals surface area (Å²) >= 11 is 6.37.